The van der Waals surface area contributed by atoms with Crippen molar-refractivity contribution in [2.75, 3.05) is 6.54 Å². The van der Waals surface area contributed by atoms with Crippen molar-refractivity contribution in [3.05, 3.63) is 39.9 Å². The molecule has 0 amide bonds. The second-order valence-electron chi connectivity index (χ2n) is 3.82. The smallest absolute Gasteiger partial charge is 0.123 e. The predicted molar refractivity (Wildman–Crippen MR) is 68.0 cm³/mol. The average Bonchev–Trinajstić information content (AvgIpc) is 2.73. The first kappa shape index (κ1) is 10.3. The Hall–Kier alpha value is -0.900. The normalized spacial score (nSPS) is 14.8. The van der Waals surface area contributed by atoms with Crippen LogP contribution in [0.3, 0.4) is 0 Å². The van der Waals surface area contributed by atoms with E-state index >= 15 is 0 Å². The fraction of sp³-hybridized carbons (Fsp3) is 0.250. The summed E-state index contributed by atoms with van der Waals surface area (Å²) in [5.41, 5.74) is 2.41. The van der Waals surface area contributed by atoms with Crippen molar-refractivity contribution in [1.29, 1.82) is 0 Å². The Balaban J connectivity index is 2.00. The van der Waals surface area contributed by atoms with Gasteiger partial charge in [-0.1, -0.05) is 23.7 Å². The van der Waals surface area contributed by atoms with Crippen molar-refractivity contribution in [3.8, 4) is 10.6 Å². The van der Waals surface area contributed by atoms with Gasteiger partial charge in [-0.2, -0.15) is 0 Å². The molecule has 0 spiro atoms. The number of benzene rings is 1. The van der Waals surface area contributed by atoms with Crippen LogP contribution in [-0.2, 0) is 13.0 Å². The summed E-state index contributed by atoms with van der Waals surface area (Å²) in [5, 5.41) is 5.24. The van der Waals surface area contributed by atoms with Gasteiger partial charge in [0.05, 0.1) is 5.69 Å². The first-order valence-electron chi connectivity index (χ1n) is 5.28. The van der Waals surface area contributed by atoms with Gasteiger partial charge in [0.15, 0.2) is 0 Å². The summed E-state index contributed by atoms with van der Waals surface area (Å²) >= 11 is 7.65. The average molecular weight is 251 g/mol. The van der Waals surface area contributed by atoms with Crippen LogP contribution in [0, 0.1) is 0 Å². The lowest BCUT2D eigenvalue weighted by molar-refractivity contribution is 0.644. The lowest BCUT2D eigenvalue weighted by Crippen LogP contribution is -2.22. The molecular formula is C12H11ClN2S. The molecule has 0 saturated heterocycles. The van der Waals surface area contributed by atoms with E-state index < -0.39 is 0 Å². The number of hydrogen-bond donors (Lipinski definition) is 1. The van der Waals surface area contributed by atoms with Gasteiger partial charge in [0.25, 0.3) is 0 Å². The number of hydrogen-bond acceptors (Lipinski definition) is 3. The topological polar surface area (TPSA) is 24.9 Å². The third-order valence-electron chi connectivity index (χ3n) is 2.69. The highest BCUT2D eigenvalue weighted by Gasteiger charge is 2.15. The van der Waals surface area contributed by atoms with E-state index in [0.717, 1.165) is 35.1 Å². The highest BCUT2D eigenvalue weighted by molar-refractivity contribution is 7.15. The Morgan fingerprint density at radius 3 is 2.81 bits per heavy atom. The summed E-state index contributed by atoms with van der Waals surface area (Å²) in [7, 11) is 0. The molecule has 2 aromatic rings. The van der Waals surface area contributed by atoms with E-state index in [0.29, 0.717) is 0 Å². The van der Waals surface area contributed by atoms with Gasteiger partial charge in [0.1, 0.15) is 5.01 Å². The van der Waals surface area contributed by atoms with E-state index in [-0.39, 0.29) is 0 Å². The lowest BCUT2D eigenvalue weighted by atomic mass is 10.2. The van der Waals surface area contributed by atoms with Gasteiger partial charge in [-0.3, -0.25) is 0 Å². The molecule has 0 atom stereocenters. The van der Waals surface area contributed by atoms with Gasteiger partial charge in [0.2, 0.25) is 0 Å². The summed E-state index contributed by atoms with van der Waals surface area (Å²) in [6, 6.07) is 7.88. The van der Waals surface area contributed by atoms with E-state index in [1.165, 1.54) is 10.6 Å². The van der Waals surface area contributed by atoms with E-state index in [4.69, 9.17) is 11.6 Å². The van der Waals surface area contributed by atoms with E-state index in [1.807, 2.05) is 24.3 Å². The molecule has 1 aliphatic rings. The van der Waals surface area contributed by atoms with Crippen LogP contribution >= 0.6 is 22.9 Å². The molecule has 2 nitrogen and oxygen atoms in total. The number of thiazole rings is 1. The largest absolute Gasteiger partial charge is 0.311 e. The van der Waals surface area contributed by atoms with Crippen molar-refractivity contribution >= 4 is 22.9 Å². The lowest BCUT2D eigenvalue weighted by Gasteiger charge is -2.09. The summed E-state index contributed by atoms with van der Waals surface area (Å²) < 4.78 is 0. The van der Waals surface area contributed by atoms with Crippen LogP contribution < -0.4 is 5.32 Å². The summed E-state index contributed by atoms with van der Waals surface area (Å²) in [4.78, 5) is 6.06. The Bertz CT molecular complexity index is 481. The summed E-state index contributed by atoms with van der Waals surface area (Å²) in [6.07, 6.45) is 1.04. The molecule has 82 valence electrons. The van der Waals surface area contributed by atoms with Gasteiger partial charge < -0.3 is 5.32 Å². The van der Waals surface area contributed by atoms with Gasteiger partial charge in [-0.15, -0.1) is 11.3 Å². The SMILES string of the molecule is Clc1ccc(-c2nc3c(s2)CNCC3)cc1. The molecule has 0 bridgehead atoms. The van der Waals surface area contributed by atoms with Crippen molar-refractivity contribution in [1.82, 2.24) is 10.3 Å². The van der Waals surface area contributed by atoms with Crippen LogP contribution in [0.25, 0.3) is 10.6 Å². The fourth-order valence-electron chi connectivity index (χ4n) is 1.84. The zero-order valence-corrected chi connectivity index (χ0v) is 10.2. The maximum atomic E-state index is 5.87. The number of nitrogens with one attached hydrogen (secondary N) is 1. The van der Waals surface area contributed by atoms with Crippen LogP contribution in [-0.4, -0.2) is 11.5 Å². The Morgan fingerprint density at radius 1 is 1.25 bits per heavy atom. The number of halogens is 1. The van der Waals surface area contributed by atoms with Gasteiger partial charge in [-0.25, -0.2) is 4.98 Å². The fourth-order valence-corrected chi connectivity index (χ4v) is 3.05. The number of nitrogens with zero attached hydrogens (tertiary/aromatic N) is 1. The molecule has 1 aromatic carbocycles. The van der Waals surface area contributed by atoms with Crippen LogP contribution in [0.15, 0.2) is 24.3 Å². The molecule has 16 heavy (non-hydrogen) atoms. The summed E-state index contributed by atoms with van der Waals surface area (Å²) in [6.45, 7) is 2.00. The zero-order chi connectivity index (χ0) is 11.0. The minimum atomic E-state index is 0.770. The van der Waals surface area contributed by atoms with Crippen molar-refractivity contribution in [2.24, 2.45) is 0 Å². The first-order valence-corrected chi connectivity index (χ1v) is 6.47. The van der Waals surface area contributed by atoms with Crippen molar-refractivity contribution < 1.29 is 0 Å². The van der Waals surface area contributed by atoms with Crippen LogP contribution in [0.1, 0.15) is 10.6 Å². The minimum absolute atomic E-state index is 0.770. The Morgan fingerprint density at radius 2 is 2.06 bits per heavy atom. The number of rotatable bonds is 1. The van der Waals surface area contributed by atoms with Gasteiger partial charge in [0, 0.05) is 35.0 Å². The Kier molecular flexibility index (Phi) is 2.67. The predicted octanol–water partition coefficient (Wildman–Crippen LogP) is 3.11. The zero-order valence-electron chi connectivity index (χ0n) is 8.66. The van der Waals surface area contributed by atoms with Crippen LogP contribution in [0.2, 0.25) is 5.02 Å². The molecule has 0 saturated carbocycles. The molecule has 0 radical (unpaired) electrons. The van der Waals surface area contributed by atoms with E-state index in [9.17, 15) is 0 Å². The maximum Gasteiger partial charge on any atom is 0.123 e. The first-order chi connectivity index (χ1) is 7.83. The van der Waals surface area contributed by atoms with Crippen LogP contribution in [0.5, 0.6) is 0 Å². The van der Waals surface area contributed by atoms with E-state index in [2.05, 4.69) is 10.3 Å². The maximum absolute atomic E-state index is 5.87. The second kappa shape index (κ2) is 4.17. The van der Waals surface area contributed by atoms with Gasteiger partial charge >= 0.3 is 0 Å². The minimum Gasteiger partial charge on any atom is -0.311 e. The van der Waals surface area contributed by atoms with Gasteiger partial charge in [-0.05, 0) is 12.1 Å². The third-order valence-corrected chi connectivity index (χ3v) is 4.09. The summed E-state index contributed by atoms with van der Waals surface area (Å²) in [5.74, 6) is 0. The number of aromatic nitrogens is 1. The molecule has 0 fully saturated rings. The molecule has 1 aromatic heterocycles. The molecular weight excluding hydrogens is 240 g/mol. The molecule has 3 rings (SSSR count). The van der Waals surface area contributed by atoms with Crippen LogP contribution in [0.4, 0.5) is 0 Å². The number of fused-ring (bicyclic) bond motifs is 1. The van der Waals surface area contributed by atoms with Crippen molar-refractivity contribution in [3.63, 3.8) is 0 Å². The molecule has 1 N–H and O–H groups in total. The molecule has 0 aliphatic carbocycles. The quantitative estimate of drug-likeness (QED) is 0.841. The monoisotopic (exact) mass is 250 g/mol. The molecule has 4 heteroatoms. The Labute approximate surface area is 103 Å². The third kappa shape index (κ3) is 1.86. The van der Waals surface area contributed by atoms with Crippen molar-refractivity contribution in [2.45, 2.75) is 13.0 Å². The highest BCUT2D eigenvalue weighted by atomic mass is 35.5. The second-order valence-corrected chi connectivity index (χ2v) is 5.34. The molecule has 1 aliphatic heterocycles. The molecule has 2 heterocycles. The highest BCUT2D eigenvalue weighted by Crippen LogP contribution is 2.30. The van der Waals surface area contributed by atoms with E-state index in [1.54, 1.807) is 11.3 Å². The molecule has 0 unspecified atom stereocenters. The standard InChI is InChI=1S/C12H11ClN2S/c13-9-3-1-8(2-4-9)12-15-10-5-6-14-7-11(10)16-12/h1-4,14H,5-7H2.